The molecule has 118 valence electrons. The zero-order valence-corrected chi connectivity index (χ0v) is 13.9. The van der Waals surface area contributed by atoms with E-state index in [2.05, 4.69) is 9.97 Å². The van der Waals surface area contributed by atoms with Crippen molar-refractivity contribution in [2.75, 3.05) is 5.75 Å². The Morgan fingerprint density at radius 3 is 2.74 bits per heavy atom. The number of carbonyl (C=O) groups excluding carboxylic acids is 1. The molecule has 0 unspecified atom stereocenters. The second-order valence-corrected chi connectivity index (χ2v) is 6.52. The summed E-state index contributed by atoms with van der Waals surface area (Å²) in [7, 11) is 0. The van der Waals surface area contributed by atoms with E-state index in [-0.39, 0.29) is 12.6 Å². The average molecular weight is 347 g/mol. The number of hydrogen-bond donors (Lipinski definition) is 1. The van der Waals surface area contributed by atoms with Gasteiger partial charge in [0.2, 0.25) is 0 Å². The van der Waals surface area contributed by atoms with E-state index >= 15 is 0 Å². The quantitative estimate of drug-likeness (QED) is 0.529. The summed E-state index contributed by atoms with van der Waals surface area (Å²) in [4.78, 5) is 20.4. The van der Waals surface area contributed by atoms with Gasteiger partial charge in [-0.2, -0.15) is 0 Å². The van der Waals surface area contributed by atoms with E-state index in [0.29, 0.717) is 23.0 Å². The standard InChI is InChI=1S/C17H15ClN2O2S/c18-12-5-7-13(8-6-12)23-10-9-17(21)22-11-16-19-14-3-1-2-4-15(14)20-16/h1-8H,9-11H2,(H,19,20). The monoisotopic (exact) mass is 346 g/mol. The van der Waals surface area contributed by atoms with E-state index in [9.17, 15) is 4.79 Å². The van der Waals surface area contributed by atoms with E-state index < -0.39 is 0 Å². The highest BCUT2D eigenvalue weighted by molar-refractivity contribution is 7.99. The van der Waals surface area contributed by atoms with Crippen LogP contribution < -0.4 is 0 Å². The van der Waals surface area contributed by atoms with Gasteiger partial charge in [-0.15, -0.1) is 11.8 Å². The fourth-order valence-electron chi connectivity index (χ4n) is 2.08. The van der Waals surface area contributed by atoms with Gasteiger partial charge >= 0.3 is 5.97 Å². The molecule has 0 radical (unpaired) electrons. The van der Waals surface area contributed by atoms with Crippen molar-refractivity contribution in [1.82, 2.24) is 9.97 Å². The number of fused-ring (bicyclic) bond motifs is 1. The number of hydrogen-bond acceptors (Lipinski definition) is 4. The molecule has 3 aromatic rings. The molecule has 1 aromatic heterocycles. The number of nitrogens with one attached hydrogen (secondary N) is 1. The number of rotatable bonds is 6. The van der Waals surface area contributed by atoms with Crippen molar-refractivity contribution in [3.63, 3.8) is 0 Å². The smallest absolute Gasteiger partial charge is 0.307 e. The summed E-state index contributed by atoms with van der Waals surface area (Å²) in [6.45, 7) is 0.166. The van der Waals surface area contributed by atoms with Crippen LogP contribution >= 0.6 is 23.4 Å². The summed E-state index contributed by atoms with van der Waals surface area (Å²) in [5.74, 6) is 1.09. The van der Waals surface area contributed by atoms with Gasteiger partial charge in [-0.1, -0.05) is 23.7 Å². The van der Waals surface area contributed by atoms with Crippen LogP contribution in [0.15, 0.2) is 53.4 Å². The molecule has 0 aliphatic heterocycles. The minimum atomic E-state index is -0.230. The maximum absolute atomic E-state index is 11.8. The molecular formula is C17H15ClN2O2S. The largest absolute Gasteiger partial charge is 0.457 e. The number of halogens is 1. The molecule has 0 saturated heterocycles. The van der Waals surface area contributed by atoms with E-state index in [1.807, 2.05) is 48.5 Å². The SMILES string of the molecule is O=C(CCSc1ccc(Cl)cc1)OCc1nc2ccccc2[nH]1. The lowest BCUT2D eigenvalue weighted by molar-refractivity contribution is -0.144. The molecule has 0 atom stereocenters. The third-order valence-corrected chi connectivity index (χ3v) is 4.46. The number of carbonyl (C=O) groups is 1. The molecule has 0 saturated carbocycles. The van der Waals surface area contributed by atoms with Gasteiger partial charge in [-0.05, 0) is 36.4 Å². The number of imidazole rings is 1. The summed E-state index contributed by atoms with van der Waals surface area (Å²) in [6, 6.07) is 15.3. The second-order valence-electron chi connectivity index (χ2n) is 4.91. The number of ether oxygens (including phenoxy) is 1. The lowest BCUT2D eigenvalue weighted by Crippen LogP contribution is -2.06. The predicted octanol–water partition coefficient (Wildman–Crippen LogP) is 4.44. The van der Waals surface area contributed by atoms with Gasteiger partial charge in [0.05, 0.1) is 17.5 Å². The number of H-pyrrole nitrogens is 1. The van der Waals surface area contributed by atoms with Gasteiger partial charge in [-0.3, -0.25) is 4.79 Å². The van der Waals surface area contributed by atoms with E-state index in [4.69, 9.17) is 16.3 Å². The molecule has 2 aromatic carbocycles. The summed E-state index contributed by atoms with van der Waals surface area (Å²) in [6.07, 6.45) is 0.355. The molecular weight excluding hydrogens is 332 g/mol. The van der Waals surface area contributed by atoms with Crippen LogP contribution in [0.4, 0.5) is 0 Å². The predicted molar refractivity (Wildman–Crippen MR) is 92.7 cm³/mol. The molecule has 1 heterocycles. The number of para-hydroxylation sites is 2. The first-order valence-corrected chi connectivity index (χ1v) is 8.55. The Balaban J connectivity index is 1.43. The molecule has 1 N–H and O–H groups in total. The van der Waals surface area contributed by atoms with Crippen LogP contribution in [0.25, 0.3) is 11.0 Å². The van der Waals surface area contributed by atoms with Gasteiger partial charge in [0.15, 0.2) is 0 Å². The molecule has 0 bridgehead atoms. The molecule has 3 rings (SSSR count). The highest BCUT2D eigenvalue weighted by atomic mass is 35.5. The maximum atomic E-state index is 11.8. The Labute approximate surface area is 143 Å². The molecule has 0 aliphatic carbocycles. The first kappa shape index (κ1) is 15.9. The number of nitrogens with zero attached hydrogens (tertiary/aromatic N) is 1. The highest BCUT2D eigenvalue weighted by Gasteiger charge is 2.07. The van der Waals surface area contributed by atoms with Crippen LogP contribution in [0.2, 0.25) is 5.02 Å². The van der Waals surface area contributed by atoms with Crippen molar-refractivity contribution >= 4 is 40.4 Å². The summed E-state index contributed by atoms with van der Waals surface area (Å²) >= 11 is 7.43. The minimum Gasteiger partial charge on any atom is -0.457 e. The van der Waals surface area contributed by atoms with Crippen molar-refractivity contribution in [2.45, 2.75) is 17.9 Å². The molecule has 0 amide bonds. The zero-order valence-electron chi connectivity index (χ0n) is 12.3. The van der Waals surface area contributed by atoms with Gasteiger partial charge < -0.3 is 9.72 Å². The van der Waals surface area contributed by atoms with Crippen LogP contribution in [-0.2, 0) is 16.1 Å². The molecule has 23 heavy (non-hydrogen) atoms. The second kappa shape index (κ2) is 7.53. The number of esters is 1. The van der Waals surface area contributed by atoms with Crippen LogP contribution in [0, 0.1) is 0 Å². The van der Waals surface area contributed by atoms with Gasteiger partial charge in [0, 0.05) is 15.7 Å². The topological polar surface area (TPSA) is 55.0 Å². The first-order valence-electron chi connectivity index (χ1n) is 7.18. The Morgan fingerprint density at radius 1 is 1.17 bits per heavy atom. The Hall–Kier alpha value is -1.98. The third-order valence-electron chi connectivity index (χ3n) is 3.20. The zero-order chi connectivity index (χ0) is 16.1. The maximum Gasteiger partial charge on any atom is 0.307 e. The minimum absolute atomic E-state index is 0.166. The van der Waals surface area contributed by atoms with Gasteiger partial charge in [-0.25, -0.2) is 4.98 Å². The van der Waals surface area contributed by atoms with Gasteiger partial charge in [0.1, 0.15) is 12.4 Å². The fraction of sp³-hybridized carbons (Fsp3) is 0.176. The third kappa shape index (κ3) is 4.50. The molecule has 0 spiro atoms. The molecule has 4 nitrogen and oxygen atoms in total. The number of benzene rings is 2. The van der Waals surface area contributed by atoms with Crippen LogP contribution in [-0.4, -0.2) is 21.7 Å². The Bertz CT molecular complexity index is 769. The average Bonchev–Trinajstić information content (AvgIpc) is 2.98. The Morgan fingerprint density at radius 2 is 1.96 bits per heavy atom. The normalized spacial score (nSPS) is 10.8. The van der Waals surface area contributed by atoms with Crippen molar-refractivity contribution < 1.29 is 9.53 Å². The Kier molecular flexibility index (Phi) is 5.20. The summed E-state index contributed by atoms with van der Waals surface area (Å²) in [5.41, 5.74) is 1.81. The number of aromatic amines is 1. The van der Waals surface area contributed by atoms with Crippen LogP contribution in [0.1, 0.15) is 12.2 Å². The van der Waals surface area contributed by atoms with E-state index in [0.717, 1.165) is 15.9 Å². The van der Waals surface area contributed by atoms with Crippen molar-refractivity contribution in [2.24, 2.45) is 0 Å². The van der Waals surface area contributed by atoms with E-state index in [1.54, 1.807) is 11.8 Å². The van der Waals surface area contributed by atoms with Gasteiger partial charge in [0.25, 0.3) is 0 Å². The number of thioether (sulfide) groups is 1. The fourth-order valence-corrected chi connectivity index (χ4v) is 3.04. The number of aromatic nitrogens is 2. The highest BCUT2D eigenvalue weighted by Crippen LogP contribution is 2.21. The first-order chi connectivity index (χ1) is 11.2. The molecule has 6 heteroatoms. The van der Waals surface area contributed by atoms with E-state index in [1.165, 1.54) is 0 Å². The molecule has 0 fully saturated rings. The van der Waals surface area contributed by atoms with Crippen LogP contribution in [0.5, 0.6) is 0 Å². The lowest BCUT2D eigenvalue weighted by Gasteiger charge is -2.03. The van der Waals surface area contributed by atoms with Crippen LogP contribution in [0.3, 0.4) is 0 Å². The molecule has 0 aliphatic rings. The van der Waals surface area contributed by atoms with Crippen molar-refractivity contribution in [1.29, 1.82) is 0 Å². The van der Waals surface area contributed by atoms with Crippen molar-refractivity contribution in [3.8, 4) is 0 Å². The summed E-state index contributed by atoms with van der Waals surface area (Å²) in [5, 5.41) is 0.708. The lowest BCUT2D eigenvalue weighted by atomic mass is 10.3. The van der Waals surface area contributed by atoms with Crippen molar-refractivity contribution in [3.05, 3.63) is 59.4 Å². The summed E-state index contributed by atoms with van der Waals surface area (Å²) < 4.78 is 5.25.